The Balaban J connectivity index is 1.26. The first kappa shape index (κ1) is 20.6. The topological polar surface area (TPSA) is 51.8 Å². The number of furan rings is 1. The molecule has 0 saturated heterocycles. The van der Waals surface area contributed by atoms with Gasteiger partial charge in [-0.3, -0.25) is 0 Å². The largest absolute Gasteiger partial charge is 0.455 e. The predicted molar refractivity (Wildman–Crippen MR) is 217 cm³/mol. The third kappa shape index (κ3) is 5.54. The van der Waals surface area contributed by atoms with Crippen LogP contribution in [0.1, 0.15) is 16.4 Å². The lowest BCUT2D eigenvalue weighted by Gasteiger charge is -2.14. The Morgan fingerprint density at radius 2 is 1.09 bits per heavy atom. The van der Waals surface area contributed by atoms with Gasteiger partial charge in [-0.15, -0.1) is 0 Å². The minimum atomic E-state index is -0.598. The zero-order valence-electron chi connectivity index (χ0n) is 39.7. The molecule has 8 aromatic carbocycles. The van der Waals surface area contributed by atoms with E-state index in [0.29, 0.717) is 5.56 Å². The highest BCUT2D eigenvalue weighted by atomic mass is 16.3. The number of benzene rings is 8. The Morgan fingerprint density at radius 3 is 1.91 bits per heavy atom. The van der Waals surface area contributed by atoms with Gasteiger partial charge in [0.1, 0.15) is 11.2 Å². The van der Waals surface area contributed by atoms with Crippen molar-refractivity contribution < 1.29 is 20.9 Å². The van der Waals surface area contributed by atoms with Gasteiger partial charge < -0.3 is 4.42 Å². The normalized spacial score (nSPS) is 14.6. The molecule has 4 heteroatoms. The van der Waals surface area contributed by atoms with Crippen LogP contribution in [0, 0.1) is 0 Å². The van der Waals surface area contributed by atoms with E-state index in [1.807, 2.05) is 72.8 Å². The lowest BCUT2D eigenvalue weighted by Crippen LogP contribution is -2.01. The lowest BCUT2D eigenvalue weighted by atomic mass is 9.91. The van der Waals surface area contributed by atoms with Gasteiger partial charge in [-0.25, -0.2) is 15.0 Å². The number of nitrogens with zero attached hydrogens (tertiary/aromatic N) is 3. The van der Waals surface area contributed by atoms with Crippen LogP contribution in [0.3, 0.4) is 0 Å². The lowest BCUT2D eigenvalue weighted by molar-refractivity contribution is 0.670. The molecule has 0 amide bonds. The van der Waals surface area contributed by atoms with E-state index < -0.39 is 60.4 Å². The summed E-state index contributed by atoms with van der Waals surface area (Å²) in [6.45, 7) is 0. The van der Waals surface area contributed by atoms with Crippen molar-refractivity contribution >= 4 is 32.7 Å². The number of rotatable bonds is 6. The van der Waals surface area contributed by atoms with Gasteiger partial charge in [0.25, 0.3) is 0 Å². The number of aromatic nitrogens is 3. The van der Waals surface area contributed by atoms with E-state index in [4.69, 9.17) is 34.4 Å². The van der Waals surface area contributed by atoms with E-state index in [0.717, 1.165) is 33.0 Å². The third-order valence-electron chi connectivity index (χ3n) is 9.16. The van der Waals surface area contributed by atoms with E-state index in [1.165, 1.54) is 24.3 Å². The second-order valence-electron chi connectivity index (χ2n) is 12.3. The van der Waals surface area contributed by atoms with Crippen molar-refractivity contribution in [2.45, 2.75) is 0 Å². The summed E-state index contributed by atoms with van der Waals surface area (Å²) in [4.78, 5) is 14.5. The molecular weight excluding hydrogens is 647 g/mol. The molecule has 10 aromatic rings. The van der Waals surface area contributed by atoms with Crippen molar-refractivity contribution in [1.82, 2.24) is 15.0 Å². The highest BCUT2D eigenvalue weighted by molar-refractivity contribution is 6.15. The van der Waals surface area contributed by atoms with Crippen LogP contribution >= 0.6 is 0 Å². The van der Waals surface area contributed by atoms with E-state index in [1.54, 1.807) is 0 Å². The number of para-hydroxylation sites is 1. The maximum Gasteiger partial charge on any atom is 0.164 e. The molecule has 0 aliphatic heterocycles. The molecule has 10 rings (SSSR count). The first-order valence-electron chi connectivity index (χ1n) is 22.8. The summed E-state index contributed by atoms with van der Waals surface area (Å²) in [6, 6.07) is 29.8. The van der Waals surface area contributed by atoms with Crippen molar-refractivity contribution in [2.75, 3.05) is 0 Å². The molecule has 53 heavy (non-hydrogen) atoms. The minimum Gasteiger partial charge on any atom is -0.455 e. The Bertz CT molecular complexity index is 3590. The molecule has 0 aliphatic carbocycles. The van der Waals surface area contributed by atoms with Crippen molar-refractivity contribution in [3.63, 3.8) is 0 Å². The zero-order chi connectivity index (χ0) is 45.6. The number of fused-ring (bicyclic) bond motifs is 4. The first-order valence-corrected chi connectivity index (χ1v) is 16.8. The molecule has 4 nitrogen and oxygen atoms in total. The number of hydrogen-bond acceptors (Lipinski definition) is 4. The second-order valence-corrected chi connectivity index (χ2v) is 12.3. The maximum absolute atomic E-state index is 9.30. The molecule has 0 radical (unpaired) electrons. The fourth-order valence-corrected chi connectivity index (χ4v) is 6.71. The summed E-state index contributed by atoms with van der Waals surface area (Å²) in [6.07, 6.45) is 0. The molecule has 0 unspecified atom stereocenters. The molecule has 248 valence electrons. The van der Waals surface area contributed by atoms with Crippen molar-refractivity contribution in [1.29, 1.82) is 0 Å². The molecule has 0 bridgehead atoms. The molecular formula is C49H31N3O. The quantitative estimate of drug-likeness (QED) is 0.174. The smallest absolute Gasteiger partial charge is 0.164 e. The van der Waals surface area contributed by atoms with E-state index in [2.05, 4.69) is 18.2 Å². The van der Waals surface area contributed by atoms with Crippen LogP contribution in [0.2, 0.25) is 0 Å². The summed E-state index contributed by atoms with van der Waals surface area (Å²) >= 11 is 0. The predicted octanol–water partition coefficient (Wildman–Crippen LogP) is 12.9. The Kier molecular flexibility index (Phi) is 5.00. The highest BCUT2D eigenvalue weighted by Gasteiger charge is 2.20. The Hall–Kier alpha value is -7.17. The molecule has 2 aromatic heterocycles. The fraction of sp³-hybridized carbons (Fsp3) is 0. The van der Waals surface area contributed by atoms with Gasteiger partial charge in [-0.2, -0.15) is 0 Å². The van der Waals surface area contributed by atoms with Gasteiger partial charge in [-0.05, 0) is 56.8 Å². The molecule has 0 spiro atoms. The maximum atomic E-state index is 9.30. The third-order valence-corrected chi connectivity index (χ3v) is 9.16. The van der Waals surface area contributed by atoms with Gasteiger partial charge in [0.15, 0.2) is 17.5 Å². The Labute approximate surface area is 323 Å². The first-order chi connectivity index (χ1) is 31.2. The second kappa shape index (κ2) is 12.9. The molecule has 2 heterocycles. The zero-order valence-corrected chi connectivity index (χ0v) is 27.7. The summed E-state index contributed by atoms with van der Waals surface area (Å²) in [5.41, 5.74) is 4.05. The summed E-state index contributed by atoms with van der Waals surface area (Å²) < 4.78 is 110. The highest BCUT2D eigenvalue weighted by Crippen LogP contribution is 2.41. The average molecular weight is 690 g/mol. The van der Waals surface area contributed by atoms with Crippen LogP contribution in [-0.2, 0) is 0 Å². The monoisotopic (exact) mass is 689 g/mol. The summed E-state index contributed by atoms with van der Waals surface area (Å²) in [5, 5.41) is 2.67. The van der Waals surface area contributed by atoms with Gasteiger partial charge in [0.2, 0.25) is 0 Å². The van der Waals surface area contributed by atoms with Crippen molar-refractivity contribution in [3.8, 4) is 67.5 Å². The fourth-order valence-electron chi connectivity index (χ4n) is 6.71. The van der Waals surface area contributed by atoms with Crippen molar-refractivity contribution in [2.24, 2.45) is 0 Å². The van der Waals surface area contributed by atoms with Crippen LogP contribution < -0.4 is 0 Å². The summed E-state index contributed by atoms with van der Waals surface area (Å²) in [7, 11) is 0. The van der Waals surface area contributed by atoms with E-state index >= 15 is 0 Å². The van der Waals surface area contributed by atoms with Crippen LogP contribution in [0.15, 0.2) is 192 Å². The van der Waals surface area contributed by atoms with Gasteiger partial charge in [0, 0.05) is 33.0 Å². The molecule has 0 N–H and O–H groups in total. The van der Waals surface area contributed by atoms with Crippen LogP contribution in [0.25, 0.3) is 100 Å². The van der Waals surface area contributed by atoms with Gasteiger partial charge in [0.05, 0.1) is 16.4 Å². The molecule has 0 atom stereocenters. The molecule has 0 saturated carbocycles. The van der Waals surface area contributed by atoms with Crippen LogP contribution in [0.4, 0.5) is 0 Å². The Morgan fingerprint density at radius 1 is 0.396 bits per heavy atom. The van der Waals surface area contributed by atoms with Crippen molar-refractivity contribution in [3.05, 3.63) is 188 Å². The van der Waals surface area contributed by atoms with Gasteiger partial charge >= 0.3 is 0 Å². The van der Waals surface area contributed by atoms with Crippen LogP contribution in [0.5, 0.6) is 0 Å². The van der Waals surface area contributed by atoms with E-state index in [9.17, 15) is 1.37 Å². The van der Waals surface area contributed by atoms with Crippen LogP contribution in [-0.4, -0.2) is 15.0 Å². The SMILES string of the molecule is [2H]c1cc(-c2c([2H])c([2H])c([2H])c([2H])c2[2H])c2oc3ccc([2H])c(-c4nc(-c5ccc(-c6ccc7ccccc7c6)c(-c6ccccc6)c5)nc(-c5c([2H])c([2H])c([2H])c([2H])c5[2H])n4)c3c2c1. The minimum absolute atomic E-state index is 0.0595. The summed E-state index contributed by atoms with van der Waals surface area (Å²) in [5.74, 6) is -0.314. The number of hydrogen-bond donors (Lipinski definition) is 0. The van der Waals surface area contributed by atoms with E-state index in [-0.39, 0.29) is 73.8 Å². The average Bonchev–Trinajstić information content (AvgIpc) is 3.69. The molecule has 0 aliphatic rings. The van der Waals surface area contributed by atoms with Gasteiger partial charge in [-0.1, -0.05) is 170 Å². The molecule has 0 fully saturated rings. The standard InChI is InChI=1S/C49H31N3O/c1-4-15-33(16-5-1)40-22-12-23-41-45-42(24-13-25-44(45)53-46(40)41)49-51-47(35-19-8-3-9-20-35)50-48(52-49)38-28-29-39(43(31-38)34-17-6-2-7-18-34)37-27-26-32-14-10-11-21-36(32)30-37/h1-31H/i1D,3D,4D,5D,8D,9D,12D,15D,16D,19D,20D,24D.